The number of carbonyl (C=O) groups is 2. The third kappa shape index (κ3) is 5.74. The molecule has 0 aliphatic carbocycles. The summed E-state index contributed by atoms with van der Waals surface area (Å²) in [5, 5.41) is 6.34. The van der Waals surface area contributed by atoms with E-state index < -0.39 is 0 Å². The molecule has 1 fully saturated rings. The van der Waals surface area contributed by atoms with Crippen molar-refractivity contribution in [1.29, 1.82) is 0 Å². The number of rotatable bonds is 8. The number of anilines is 1. The average molecular weight is 444 g/mol. The molecule has 0 saturated carbocycles. The minimum Gasteiger partial charge on any atom is -0.369 e. The molecule has 3 heterocycles. The zero-order chi connectivity index (χ0) is 23.0. The number of benzene rings is 1. The highest BCUT2D eigenvalue weighted by Crippen LogP contribution is 2.22. The van der Waals surface area contributed by atoms with Gasteiger partial charge in [-0.05, 0) is 37.1 Å². The molecule has 2 amide bonds. The molecule has 7 nitrogen and oxygen atoms in total. The largest absolute Gasteiger partial charge is 0.369 e. The van der Waals surface area contributed by atoms with Crippen LogP contribution in [0, 0.1) is 0 Å². The van der Waals surface area contributed by atoms with Crippen molar-refractivity contribution in [3.63, 3.8) is 0 Å². The summed E-state index contributed by atoms with van der Waals surface area (Å²) in [6.07, 6.45) is 4.36. The summed E-state index contributed by atoms with van der Waals surface area (Å²) in [6, 6.07) is 19.4. The second-order valence-electron chi connectivity index (χ2n) is 8.18. The van der Waals surface area contributed by atoms with Crippen LogP contribution >= 0.6 is 0 Å². The van der Waals surface area contributed by atoms with E-state index in [-0.39, 0.29) is 17.9 Å². The van der Waals surface area contributed by atoms with Crippen LogP contribution in [-0.4, -0.2) is 52.4 Å². The molecular weight excluding hydrogens is 414 g/mol. The zero-order valence-corrected chi connectivity index (χ0v) is 18.8. The molecule has 1 aliphatic heterocycles. The standard InChI is InChI=1S/C26H29N5O2/c1-19(32)31-17-7-11-22(31)18-29-26(33)23-12-13-24(20-8-3-2-4-9-20)30-25(23)28-16-14-21-10-5-6-15-27-21/h2-6,8-10,12-13,15,22H,7,11,14,16-18H2,1H3,(H,28,30)(H,29,33)/t22-/m0/s1. The monoisotopic (exact) mass is 443 g/mol. The van der Waals surface area contributed by atoms with Gasteiger partial charge in [-0.1, -0.05) is 36.4 Å². The van der Waals surface area contributed by atoms with E-state index in [4.69, 9.17) is 4.98 Å². The molecule has 3 aromatic rings. The minimum absolute atomic E-state index is 0.0450. The fraction of sp³-hybridized carbons (Fsp3) is 0.308. The summed E-state index contributed by atoms with van der Waals surface area (Å²) in [5.41, 5.74) is 3.25. The van der Waals surface area contributed by atoms with Crippen LogP contribution in [0.1, 0.15) is 35.8 Å². The number of nitrogens with one attached hydrogen (secondary N) is 2. The van der Waals surface area contributed by atoms with E-state index in [2.05, 4.69) is 15.6 Å². The number of pyridine rings is 2. The van der Waals surface area contributed by atoms with Gasteiger partial charge in [0.15, 0.2) is 0 Å². The summed E-state index contributed by atoms with van der Waals surface area (Å²) >= 11 is 0. The van der Waals surface area contributed by atoms with Crippen molar-refractivity contribution in [3.8, 4) is 11.3 Å². The zero-order valence-electron chi connectivity index (χ0n) is 18.8. The molecule has 2 aromatic heterocycles. The third-order valence-corrected chi connectivity index (χ3v) is 5.89. The molecule has 0 unspecified atom stereocenters. The smallest absolute Gasteiger partial charge is 0.255 e. The van der Waals surface area contributed by atoms with Crippen molar-refractivity contribution in [2.24, 2.45) is 0 Å². The van der Waals surface area contributed by atoms with Gasteiger partial charge >= 0.3 is 0 Å². The lowest BCUT2D eigenvalue weighted by Crippen LogP contribution is -2.42. The number of carbonyl (C=O) groups excluding carboxylic acids is 2. The number of hydrogen-bond acceptors (Lipinski definition) is 5. The van der Waals surface area contributed by atoms with Crippen LogP contribution in [0.3, 0.4) is 0 Å². The maximum atomic E-state index is 13.1. The van der Waals surface area contributed by atoms with Gasteiger partial charge in [-0.25, -0.2) is 4.98 Å². The Bertz CT molecular complexity index is 1090. The van der Waals surface area contributed by atoms with Gasteiger partial charge in [0.2, 0.25) is 5.91 Å². The Morgan fingerprint density at radius 2 is 1.88 bits per heavy atom. The van der Waals surface area contributed by atoms with Gasteiger partial charge < -0.3 is 15.5 Å². The highest BCUT2D eigenvalue weighted by atomic mass is 16.2. The molecule has 33 heavy (non-hydrogen) atoms. The van der Waals surface area contributed by atoms with E-state index in [1.807, 2.05) is 65.6 Å². The highest BCUT2D eigenvalue weighted by molar-refractivity contribution is 5.99. The Hall–Kier alpha value is -3.74. The van der Waals surface area contributed by atoms with Gasteiger partial charge in [0.05, 0.1) is 11.3 Å². The van der Waals surface area contributed by atoms with Crippen molar-refractivity contribution >= 4 is 17.6 Å². The van der Waals surface area contributed by atoms with E-state index in [1.165, 1.54) is 0 Å². The molecule has 1 aliphatic rings. The lowest BCUT2D eigenvalue weighted by molar-refractivity contribution is -0.129. The summed E-state index contributed by atoms with van der Waals surface area (Å²) in [7, 11) is 0. The van der Waals surface area contributed by atoms with E-state index in [9.17, 15) is 9.59 Å². The minimum atomic E-state index is -0.196. The maximum Gasteiger partial charge on any atom is 0.255 e. The van der Waals surface area contributed by atoms with Gasteiger partial charge in [-0.15, -0.1) is 0 Å². The Kier molecular flexibility index (Phi) is 7.29. The number of likely N-dealkylation sites (tertiary alicyclic amines) is 1. The van der Waals surface area contributed by atoms with Gasteiger partial charge in [-0.3, -0.25) is 14.6 Å². The first-order valence-corrected chi connectivity index (χ1v) is 11.4. The molecule has 1 atom stereocenters. The topological polar surface area (TPSA) is 87.2 Å². The van der Waals surface area contributed by atoms with E-state index >= 15 is 0 Å². The molecule has 0 spiro atoms. The van der Waals surface area contributed by atoms with Crippen LogP contribution in [0.4, 0.5) is 5.82 Å². The van der Waals surface area contributed by atoms with Crippen LogP contribution in [0.25, 0.3) is 11.3 Å². The van der Waals surface area contributed by atoms with Crippen LogP contribution in [0.15, 0.2) is 66.9 Å². The highest BCUT2D eigenvalue weighted by Gasteiger charge is 2.27. The van der Waals surface area contributed by atoms with Crippen LogP contribution in [0.5, 0.6) is 0 Å². The fourth-order valence-corrected chi connectivity index (χ4v) is 4.17. The third-order valence-electron chi connectivity index (χ3n) is 5.89. The van der Waals surface area contributed by atoms with Crippen LogP contribution < -0.4 is 10.6 Å². The van der Waals surface area contributed by atoms with Crippen molar-refractivity contribution in [2.75, 3.05) is 25.0 Å². The van der Waals surface area contributed by atoms with Crippen molar-refractivity contribution in [1.82, 2.24) is 20.2 Å². The summed E-state index contributed by atoms with van der Waals surface area (Å²) in [6.45, 7) is 3.37. The molecule has 170 valence electrons. The maximum absolute atomic E-state index is 13.1. The molecular formula is C26H29N5O2. The Morgan fingerprint density at radius 1 is 1.06 bits per heavy atom. The first-order chi connectivity index (χ1) is 16.1. The molecule has 4 rings (SSSR count). The first-order valence-electron chi connectivity index (χ1n) is 11.4. The number of amides is 2. The Labute approximate surface area is 194 Å². The van der Waals surface area contributed by atoms with E-state index in [0.717, 1.165) is 42.8 Å². The summed E-state index contributed by atoms with van der Waals surface area (Å²) in [5.74, 6) is 0.398. The second-order valence-corrected chi connectivity index (χ2v) is 8.18. The van der Waals surface area contributed by atoms with Crippen LogP contribution in [0.2, 0.25) is 0 Å². The summed E-state index contributed by atoms with van der Waals surface area (Å²) in [4.78, 5) is 35.8. The van der Waals surface area contributed by atoms with Gasteiger partial charge in [0, 0.05) is 56.5 Å². The lowest BCUT2D eigenvalue weighted by atomic mass is 10.1. The van der Waals surface area contributed by atoms with Crippen molar-refractivity contribution < 1.29 is 9.59 Å². The SMILES string of the molecule is CC(=O)N1CCC[C@H]1CNC(=O)c1ccc(-c2ccccc2)nc1NCCc1ccccn1. The predicted octanol–water partition coefficient (Wildman–Crippen LogP) is 3.54. The normalized spacial score (nSPS) is 15.3. The molecule has 1 aromatic carbocycles. The molecule has 0 radical (unpaired) electrons. The van der Waals surface area contributed by atoms with Gasteiger partial charge in [0.1, 0.15) is 5.82 Å². The Morgan fingerprint density at radius 3 is 2.64 bits per heavy atom. The second kappa shape index (κ2) is 10.7. The van der Waals surface area contributed by atoms with Crippen molar-refractivity contribution in [2.45, 2.75) is 32.2 Å². The number of nitrogens with zero attached hydrogens (tertiary/aromatic N) is 3. The van der Waals surface area contributed by atoms with Gasteiger partial charge in [0.25, 0.3) is 5.91 Å². The predicted molar refractivity (Wildman–Crippen MR) is 129 cm³/mol. The van der Waals surface area contributed by atoms with E-state index in [0.29, 0.717) is 24.5 Å². The number of hydrogen-bond donors (Lipinski definition) is 2. The van der Waals surface area contributed by atoms with Crippen LogP contribution in [-0.2, 0) is 11.2 Å². The van der Waals surface area contributed by atoms with E-state index in [1.54, 1.807) is 13.1 Å². The van der Waals surface area contributed by atoms with Crippen molar-refractivity contribution in [3.05, 3.63) is 78.1 Å². The molecule has 7 heteroatoms. The Balaban J connectivity index is 1.49. The molecule has 2 N–H and O–H groups in total. The fourth-order valence-electron chi connectivity index (χ4n) is 4.17. The summed E-state index contributed by atoms with van der Waals surface area (Å²) < 4.78 is 0. The van der Waals surface area contributed by atoms with Gasteiger partial charge in [-0.2, -0.15) is 0 Å². The lowest BCUT2D eigenvalue weighted by Gasteiger charge is -2.23. The first kappa shape index (κ1) is 22.5. The quantitative estimate of drug-likeness (QED) is 0.556. The molecule has 1 saturated heterocycles. The average Bonchev–Trinajstić information content (AvgIpc) is 3.33. The number of aromatic nitrogens is 2. The molecule has 0 bridgehead atoms.